The van der Waals surface area contributed by atoms with Crippen LogP contribution in [0.25, 0.3) is 10.9 Å². The first-order valence-corrected chi connectivity index (χ1v) is 12.1. The zero-order valence-electron chi connectivity index (χ0n) is 21.3. The number of H-pyrrole nitrogens is 1. The highest BCUT2D eigenvalue weighted by molar-refractivity contribution is 5.82. The van der Waals surface area contributed by atoms with Crippen LogP contribution >= 0.6 is 0 Å². The molecule has 190 valence electrons. The minimum Gasteiger partial charge on any atom is -0.468 e. The van der Waals surface area contributed by atoms with E-state index in [9.17, 15) is 9.59 Å². The normalized spacial score (nSPS) is 12.5. The summed E-state index contributed by atoms with van der Waals surface area (Å²) in [6, 6.07) is 9.48. The average Bonchev–Trinajstić information content (AvgIpc) is 3.47. The largest absolute Gasteiger partial charge is 0.468 e. The Morgan fingerprint density at radius 3 is 2.72 bits per heavy atom. The number of carbonyl (C=O) groups excluding carboxylic acids is 1. The monoisotopic (exact) mass is 492 g/mol. The number of tetrazole rings is 1. The molecular weight excluding hydrogens is 460 g/mol. The molecule has 0 fully saturated rings. The average molecular weight is 493 g/mol. The zero-order chi connectivity index (χ0) is 25.8. The standard InChI is InChI=1S/C26H32N6O4/c1-6-35-22(33)15-32-25(28-29-30-32)24(16(2)3)31(14-21-8-7-9-36-21)13-20-12-19-11-17(4)10-18(5)23(19)27-26(20)34/h7-12,16,24H,6,13-15H2,1-5H3,(H,27,34)/t24-/m0/s1. The number of aromatic nitrogens is 5. The van der Waals surface area contributed by atoms with Crippen LogP contribution in [0.3, 0.4) is 0 Å². The first-order valence-electron chi connectivity index (χ1n) is 12.1. The predicted molar refractivity (Wildman–Crippen MR) is 134 cm³/mol. The van der Waals surface area contributed by atoms with Crippen molar-refractivity contribution in [2.24, 2.45) is 5.92 Å². The van der Waals surface area contributed by atoms with Crippen molar-refractivity contribution in [1.82, 2.24) is 30.1 Å². The summed E-state index contributed by atoms with van der Waals surface area (Å²) in [5.41, 5.74) is 3.47. The Labute approximate surface area is 209 Å². The molecule has 3 aromatic heterocycles. The lowest BCUT2D eigenvalue weighted by Crippen LogP contribution is -2.35. The molecule has 10 nitrogen and oxygen atoms in total. The number of esters is 1. The van der Waals surface area contributed by atoms with Crippen LogP contribution in [-0.2, 0) is 29.2 Å². The van der Waals surface area contributed by atoms with Gasteiger partial charge in [-0.2, -0.15) is 0 Å². The third-order valence-electron chi connectivity index (χ3n) is 6.12. The predicted octanol–water partition coefficient (Wildman–Crippen LogP) is 3.69. The molecule has 4 aromatic rings. The van der Waals surface area contributed by atoms with Gasteiger partial charge in [-0.05, 0) is 72.3 Å². The molecule has 3 heterocycles. The van der Waals surface area contributed by atoms with Crippen molar-refractivity contribution in [1.29, 1.82) is 0 Å². The molecule has 1 atom stereocenters. The van der Waals surface area contributed by atoms with Gasteiger partial charge in [-0.1, -0.05) is 25.5 Å². The van der Waals surface area contributed by atoms with E-state index in [1.807, 2.05) is 32.0 Å². The Hall–Kier alpha value is -3.79. The number of aryl methyl sites for hydroxylation is 2. The number of nitrogens with one attached hydrogen (secondary N) is 1. The van der Waals surface area contributed by atoms with Crippen LogP contribution in [0.5, 0.6) is 0 Å². The van der Waals surface area contributed by atoms with Gasteiger partial charge in [0.05, 0.1) is 31.0 Å². The second-order valence-corrected chi connectivity index (χ2v) is 9.34. The minimum absolute atomic E-state index is 0.0518. The molecule has 0 saturated carbocycles. The minimum atomic E-state index is -0.414. The van der Waals surface area contributed by atoms with Gasteiger partial charge in [0, 0.05) is 12.1 Å². The highest BCUT2D eigenvalue weighted by Crippen LogP contribution is 2.30. The zero-order valence-corrected chi connectivity index (χ0v) is 21.3. The fourth-order valence-electron chi connectivity index (χ4n) is 4.67. The molecule has 1 aromatic carbocycles. The maximum absolute atomic E-state index is 13.2. The van der Waals surface area contributed by atoms with Crippen molar-refractivity contribution in [3.63, 3.8) is 0 Å². The van der Waals surface area contributed by atoms with Crippen LogP contribution in [0, 0.1) is 19.8 Å². The first kappa shape index (κ1) is 25.3. The Morgan fingerprint density at radius 1 is 1.22 bits per heavy atom. The molecule has 0 saturated heterocycles. The van der Waals surface area contributed by atoms with Gasteiger partial charge in [-0.25, -0.2) is 4.68 Å². The van der Waals surface area contributed by atoms with Crippen LogP contribution in [0.4, 0.5) is 0 Å². The van der Waals surface area contributed by atoms with Crippen LogP contribution in [0.1, 0.15) is 55.1 Å². The van der Waals surface area contributed by atoms with E-state index in [1.54, 1.807) is 13.2 Å². The van der Waals surface area contributed by atoms with Gasteiger partial charge in [-0.15, -0.1) is 5.10 Å². The number of ether oxygens (including phenoxy) is 1. The molecular formula is C26H32N6O4. The van der Waals surface area contributed by atoms with Gasteiger partial charge in [0.2, 0.25) is 0 Å². The van der Waals surface area contributed by atoms with Crippen LogP contribution in [0.2, 0.25) is 0 Å². The van der Waals surface area contributed by atoms with E-state index >= 15 is 0 Å². The Balaban J connectivity index is 1.75. The third-order valence-corrected chi connectivity index (χ3v) is 6.12. The molecule has 0 amide bonds. The molecule has 0 bridgehead atoms. The molecule has 0 aliphatic rings. The van der Waals surface area contributed by atoms with Gasteiger partial charge < -0.3 is 14.1 Å². The van der Waals surface area contributed by atoms with E-state index in [0.29, 0.717) is 24.5 Å². The number of rotatable bonds is 10. The van der Waals surface area contributed by atoms with Crippen LogP contribution in [0.15, 0.2) is 45.8 Å². The molecule has 0 aliphatic heterocycles. The second kappa shape index (κ2) is 10.9. The molecule has 0 unspecified atom stereocenters. The van der Waals surface area contributed by atoms with Gasteiger partial charge >= 0.3 is 5.97 Å². The van der Waals surface area contributed by atoms with E-state index in [2.05, 4.69) is 51.4 Å². The fourth-order valence-corrected chi connectivity index (χ4v) is 4.67. The Kier molecular flexibility index (Phi) is 7.64. The number of furan rings is 1. The summed E-state index contributed by atoms with van der Waals surface area (Å²) in [6.07, 6.45) is 1.62. The van der Waals surface area contributed by atoms with Crippen molar-refractivity contribution >= 4 is 16.9 Å². The van der Waals surface area contributed by atoms with E-state index in [0.717, 1.165) is 27.8 Å². The number of nitrogens with zero attached hydrogens (tertiary/aromatic N) is 5. The summed E-state index contributed by atoms with van der Waals surface area (Å²) >= 11 is 0. The Bertz CT molecular complexity index is 1390. The number of benzene rings is 1. The number of fused-ring (bicyclic) bond motifs is 1. The van der Waals surface area contributed by atoms with E-state index in [1.165, 1.54) is 4.68 Å². The number of aromatic amines is 1. The highest BCUT2D eigenvalue weighted by Gasteiger charge is 2.31. The summed E-state index contributed by atoms with van der Waals surface area (Å²) in [5, 5.41) is 13.1. The summed E-state index contributed by atoms with van der Waals surface area (Å²) in [7, 11) is 0. The van der Waals surface area contributed by atoms with E-state index < -0.39 is 5.97 Å². The fraction of sp³-hybridized carbons (Fsp3) is 0.423. The molecule has 36 heavy (non-hydrogen) atoms. The lowest BCUT2D eigenvalue weighted by Gasteiger charge is -2.32. The molecule has 10 heteroatoms. The Morgan fingerprint density at radius 2 is 2.03 bits per heavy atom. The van der Waals surface area contributed by atoms with Gasteiger partial charge in [0.15, 0.2) is 5.82 Å². The summed E-state index contributed by atoms with van der Waals surface area (Å²) in [4.78, 5) is 30.5. The maximum Gasteiger partial charge on any atom is 0.327 e. The van der Waals surface area contributed by atoms with Crippen molar-refractivity contribution in [2.75, 3.05) is 6.61 Å². The number of hydrogen-bond donors (Lipinski definition) is 1. The topological polar surface area (TPSA) is 119 Å². The van der Waals surface area contributed by atoms with E-state index in [-0.39, 0.29) is 30.7 Å². The molecule has 0 spiro atoms. The highest BCUT2D eigenvalue weighted by atomic mass is 16.5. The number of pyridine rings is 1. The lowest BCUT2D eigenvalue weighted by molar-refractivity contribution is -0.144. The summed E-state index contributed by atoms with van der Waals surface area (Å²) in [5.74, 6) is 0.904. The van der Waals surface area contributed by atoms with Gasteiger partial charge in [-0.3, -0.25) is 14.5 Å². The number of carbonyl (C=O) groups is 1. The van der Waals surface area contributed by atoms with Crippen molar-refractivity contribution < 1.29 is 13.9 Å². The van der Waals surface area contributed by atoms with Crippen molar-refractivity contribution in [2.45, 2.75) is 60.3 Å². The molecule has 1 N–H and O–H groups in total. The summed E-state index contributed by atoms with van der Waals surface area (Å²) < 4.78 is 12.2. The van der Waals surface area contributed by atoms with Gasteiger partial charge in [0.1, 0.15) is 12.3 Å². The van der Waals surface area contributed by atoms with Crippen molar-refractivity contribution in [3.05, 3.63) is 75.2 Å². The quantitative estimate of drug-likeness (QED) is 0.333. The smallest absolute Gasteiger partial charge is 0.327 e. The van der Waals surface area contributed by atoms with Crippen LogP contribution < -0.4 is 5.56 Å². The molecule has 4 rings (SSSR count). The third kappa shape index (κ3) is 5.54. The molecule has 0 aliphatic carbocycles. The van der Waals surface area contributed by atoms with Crippen molar-refractivity contribution in [3.8, 4) is 0 Å². The van der Waals surface area contributed by atoms with Gasteiger partial charge in [0.25, 0.3) is 5.56 Å². The SMILES string of the molecule is CCOC(=O)Cn1nnnc1[C@H](C(C)C)N(Cc1ccco1)Cc1cc2cc(C)cc(C)c2[nH]c1=O. The van der Waals surface area contributed by atoms with E-state index in [4.69, 9.17) is 9.15 Å². The van der Waals surface area contributed by atoms with Crippen LogP contribution in [-0.4, -0.2) is 42.7 Å². The summed E-state index contributed by atoms with van der Waals surface area (Å²) in [6.45, 7) is 10.8. The first-order chi connectivity index (χ1) is 17.3. The molecule has 0 radical (unpaired) electrons. The number of hydrogen-bond acceptors (Lipinski definition) is 8. The maximum atomic E-state index is 13.2. The lowest BCUT2D eigenvalue weighted by atomic mass is 9.99. The second-order valence-electron chi connectivity index (χ2n) is 9.34.